The Bertz CT molecular complexity index is 1030. The van der Waals surface area contributed by atoms with Gasteiger partial charge in [-0.15, -0.1) is 0 Å². The first kappa shape index (κ1) is 21.6. The van der Waals surface area contributed by atoms with Gasteiger partial charge in [-0.05, 0) is 55.7 Å². The number of rotatable bonds is 8. The van der Waals surface area contributed by atoms with E-state index in [4.69, 9.17) is 4.98 Å². The van der Waals surface area contributed by atoms with Crippen LogP contribution in [-0.4, -0.2) is 27.9 Å². The SMILES string of the molecule is Cc1cc(C)cc(NC(=O)Cn2c(CCCNC(=O)C(C)C)nc3ccccc32)c1. The lowest BCUT2D eigenvalue weighted by Crippen LogP contribution is -2.29. The predicted octanol–water partition coefficient (Wildman–Crippen LogP) is 4.00. The molecule has 3 rings (SSSR count). The predicted molar refractivity (Wildman–Crippen MR) is 120 cm³/mol. The van der Waals surface area contributed by atoms with Gasteiger partial charge in [0.2, 0.25) is 11.8 Å². The third kappa shape index (κ3) is 5.47. The van der Waals surface area contributed by atoms with Crippen LogP contribution in [0.1, 0.15) is 37.2 Å². The van der Waals surface area contributed by atoms with Crippen LogP contribution in [0.15, 0.2) is 42.5 Å². The maximum Gasteiger partial charge on any atom is 0.244 e. The van der Waals surface area contributed by atoms with E-state index < -0.39 is 0 Å². The van der Waals surface area contributed by atoms with Crippen molar-refractivity contribution in [3.05, 3.63) is 59.4 Å². The van der Waals surface area contributed by atoms with Gasteiger partial charge in [0.25, 0.3) is 0 Å². The van der Waals surface area contributed by atoms with Crippen LogP contribution in [0.2, 0.25) is 0 Å². The molecule has 0 saturated heterocycles. The summed E-state index contributed by atoms with van der Waals surface area (Å²) < 4.78 is 1.97. The lowest BCUT2D eigenvalue weighted by Gasteiger charge is -2.12. The zero-order chi connectivity index (χ0) is 21.7. The standard InChI is InChI=1S/C24H30N4O2/c1-16(2)24(30)25-11-7-10-22-27-20-8-5-6-9-21(20)28(22)15-23(29)26-19-13-17(3)12-18(4)14-19/h5-6,8-9,12-14,16H,7,10-11,15H2,1-4H3,(H,25,30)(H,26,29). The number of imidazole rings is 1. The minimum Gasteiger partial charge on any atom is -0.356 e. The first-order valence-electron chi connectivity index (χ1n) is 10.4. The van der Waals surface area contributed by atoms with Crippen molar-refractivity contribution in [2.75, 3.05) is 11.9 Å². The van der Waals surface area contributed by atoms with Crippen LogP contribution in [0.3, 0.4) is 0 Å². The molecule has 0 saturated carbocycles. The lowest BCUT2D eigenvalue weighted by molar-refractivity contribution is -0.124. The highest BCUT2D eigenvalue weighted by atomic mass is 16.2. The van der Waals surface area contributed by atoms with E-state index in [0.29, 0.717) is 13.0 Å². The summed E-state index contributed by atoms with van der Waals surface area (Å²) in [6.45, 7) is 8.58. The second-order valence-electron chi connectivity index (χ2n) is 8.08. The van der Waals surface area contributed by atoms with Crippen molar-refractivity contribution < 1.29 is 9.59 Å². The lowest BCUT2D eigenvalue weighted by atomic mass is 10.1. The number of carbonyl (C=O) groups is 2. The monoisotopic (exact) mass is 406 g/mol. The maximum absolute atomic E-state index is 12.8. The number of anilines is 1. The number of aryl methyl sites for hydroxylation is 3. The molecule has 30 heavy (non-hydrogen) atoms. The smallest absolute Gasteiger partial charge is 0.244 e. The van der Waals surface area contributed by atoms with E-state index in [0.717, 1.165) is 40.1 Å². The van der Waals surface area contributed by atoms with Crippen LogP contribution in [0, 0.1) is 19.8 Å². The van der Waals surface area contributed by atoms with Gasteiger partial charge in [0, 0.05) is 24.6 Å². The van der Waals surface area contributed by atoms with Gasteiger partial charge in [-0.25, -0.2) is 4.98 Å². The fourth-order valence-corrected chi connectivity index (χ4v) is 3.55. The number of hydrogen-bond donors (Lipinski definition) is 2. The molecule has 1 aromatic heterocycles. The molecule has 0 bridgehead atoms. The van der Waals surface area contributed by atoms with Crippen molar-refractivity contribution in [2.45, 2.75) is 47.1 Å². The van der Waals surface area contributed by atoms with Gasteiger partial charge >= 0.3 is 0 Å². The topological polar surface area (TPSA) is 76.0 Å². The van der Waals surface area contributed by atoms with Crippen molar-refractivity contribution in [1.29, 1.82) is 0 Å². The number of para-hydroxylation sites is 2. The number of benzene rings is 2. The van der Waals surface area contributed by atoms with Gasteiger partial charge in [-0.1, -0.05) is 32.0 Å². The van der Waals surface area contributed by atoms with E-state index in [-0.39, 0.29) is 24.3 Å². The molecule has 158 valence electrons. The molecule has 6 heteroatoms. The third-order valence-electron chi connectivity index (χ3n) is 4.94. The Morgan fingerprint density at radius 2 is 1.77 bits per heavy atom. The van der Waals surface area contributed by atoms with Crippen LogP contribution in [-0.2, 0) is 22.6 Å². The zero-order valence-electron chi connectivity index (χ0n) is 18.2. The number of hydrogen-bond acceptors (Lipinski definition) is 3. The molecule has 0 unspecified atom stereocenters. The van der Waals surface area contributed by atoms with Crippen molar-refractivity contribution in [3.63, 3.8) is 0 Å². The summed E-state index contributed by atoms with van der Waals surface area (Å²) in [5.41, 5.74) is 4.84. The summed E-state index contributed by atoms with van der Waals surface area (Å²) in [6.07, 6.45) is 1.45. The Morgan fingerprint density at radius 3 is 2.47 bits per heavy atom. The van der Waals surface area contributed by atoms with E-state index in [1.807, 2.05) is 68.7 Å². The Balaban J connectivity index is 1.72. The molecule has 0 aliphatic carbocycles. The van der Waals surface area contributed by atoms with Gasteiger partial charge in [-0.2, -0.15) is 0 Å². The van der Waals surface area contributed by atoms with Gasteiger partial charge < -0.3 is 15.2 Å². The van der Waals surface area contributed by atoms with Gasteiger partial charge in [0.05, 0.1) is 11.0 Å². The molecular formula is C24H30N4O2. The van der Waals surface area contributed by atoms with E-state index in [9.17, 15) is 9.59 Å². The van der Waals surface area contributed by atoms with E-state index in [2.05, 4.69) is 16.7 Å². The molecule has 3 aromatic rings. The Hall–Kier alpha value is -3.15. The second kappa shape index (κ2) is 9.57. The van der Waals surface area contributed by atoms with E-state index >= 15 is 0 Å². The van der Waals surface area contributed by atoms with Crippen LogP contribution >= 0.6 is 0 Å². The largest absolute Gasteiger partial charge is 0.356 e. The van der Waals surface area contributed by atoms with E-state index in [1.54, 1.807) is 0 Å². The molecule has 2 aromatic carbocycles. The first-order valence-corrected chi connectivity index (χ1v) is 10.4. The number of amides is 2. The Labute approximate surface area is 177 Å². The second-order valence-corrected chi connectivity index (χ2v) is 8.08. The summed E-state index contributed by atoms with van der Waals surface area (Å²) in [6, 6.07) is 13.9. The summed E-state index contributed by atoms with van der Waals surface area (Å²) in [5, 5.41) is 5.94. The van der Waals surface area contributed by atoms with E-state index in [1.165, 1.54) is 0 Å². The Kier molecular flexibility index (Phi) is 6.87. The average molecular weight is 407 g/mol. The fraction of sp³-hybridized carbons (Fsp3) is 0.375. The van der Waals surface area contributed by atoms with Gasteiger partial charge in [0.1, 0.15) is 12.4 Å². The highest BCUT2D eigenvalue weighted by Gasteiger charge is 2.14. The maximum atomic E-state index is 12.8. The third-order valence-corrected chi connectivity index (χ3v) is 4.94. The highest BCUT2D eigenvalue weighted by molar-refractivity contribution is 5.92. The molecule has 0 radical (unpaired) electrons. The summed E-state index contributed by atoms with van der Waals surface area (Å²) in [7, 11) is 0. The van der Waals surface area contributed by atoms with Crippen LogP contribution in [0.25, 0.3) is 11.0 Å². The average Bonchev–Trinajstić information content (AvgIpc) is 3.01. The molecule has 0 spiro atoms. The number of aromatic nitrogens is 2. The highest BCUT2D eigenvalue weighted by Crippen LogP contribution is 2.18. The summed E-state index contributed by atoms with van der Waals surface area (Å²) >= 11 is 0. The molecule has 1 heterocycles. The first-order chi connectivity index (χ1) is 14.3. The molecule has 2 amide bonds. The molecule has 0 atom stereocenters. The van der Waals surface area contributed by atoms with Crippen LogP contribution in [0.4, 0.5) is 5.69 Å². The molecule has 6 nitrogen and oxygen atoms in total. The fourth-order valence-electron chi connectivity index (χ4n) is 3.55. The molecular weight excluding hydrogens is 376 g/mol. The minimum absolute atomic E-state index is 0.0245. The summed E-state index contributed by atoms with van der Waals surface area (Å²) in [4.78, 5) is 29.2. The molecule has 0 aliphatic heterocycles. The van der Waals surface area contributed by atoms with Crippen molar-refractivity contribution in [2.24, 2.45) is 5.92 Å². The molecule has 0 aliphatic rings. The number of nitrogens with one attached hydrogen (secondary N) is 2. The Morgan fingerprint density at radius 1 is 1.07 bits per heavy atom. The zero-order valence-corrected chi connectivity index (χ0v) is 18.2. The van der Waals surface area contributed by atoms with Crippen LogP contribution < -0.4 is 10.6 Å². The van der Waals surface area contributed by atoms with Crippen molar-refractivity contribution in [1.82, 2.24) is 14.9 Å². The normalized spacial score (nSPS) is 11.1. The van der Waals surface area contributed by atoms with Crippen molar-refractivity contribution in [3.8, 4) is 0 Å². The van der Waals surface area contributed by atoms with Gasteiger partial charge in [0.15, 0.2) is 0 Å². The van der Waals surface area contributed by atoms with Crippen molar-refractivity contribution >= 4 is 28.5 Å². The molecule has 0 fully saturated rings. The number of carbonyl (C=O) groups excluding carboxylic acids is 2. The number of nitrogens with zero attached hydrogens (tertiary/aromatic N) is 2. The summed E-state index contributed by atoms with van der Waals surface area (Å²) in [5.74, 6) is 0.794. The van der Waals surface area contributed by atoms with Gasteiger partial charge in [-0.3, -0.25) is 9.59 Å². The number of fused-ring (bicyclic) bond motifs is 1. The molecule has 2 N–H and O–H groups in total. The van der Waals surface area contributed by atoms with Crippen LogP contribution in [0.5, 0.6) is 0 Å². The quantitative estimate of drug-likeness (QED) is 0.555. The minimum atomic E-state index is -0.0856.